The van der Waals surface area contributed by atoms with E-state index in [1.165, 1.54) is 4.68 Å². The second kappa shape index (κ2) is 3.79. The van der Waals surface area contributed by atoms with Gasteiger partial charge in [-0.2, -0.15) is 5.10 Å². The van der Waals surface area contributed by atoms with Crippen LogP contribution >= 0.6 is 11.6 Å². The number of rotatable bonds is 2. The molecule has 0 fully saturated rings. The summed E-state index contributed by atoms with van der Waals surface area (Å²) in [6.45, 7) is 3.77. The van der Waals surface area contributed by atoms with Crippen molar-refractivity contribution in [2.24, 2.45) is 10.6 Å². The average molecular weight is 202 g/mol. The number of halogens is 1. The molecule has 0 radical (unpaired) electrons. The van der Waals surface area contributed by atoms with Crippen LogP contribution in [0, 0.1) is 5.41 Å². The van der Waals surface area contributed by atoms with Crippen molar-refractivity contribution in [2.75, 3.05) is 5.88 Å². The topological polar surface area (TPSA) is 50.4 Å². The Labute approximate surface area is 81.8 Å². The quantitative estimate of drug-likeness (QED) is 0.261. The predicted molar refractivity (Wildman–Crippen MR) is 51.3 cm³/mol. The van der Waals surface area contributed by atoms with E-state index in [1.54, 1.807) is 18.5 Å². The minimum absolute atomic E-state index is 0.367. The van der Waals surface area contributed by atoms with Gasteiger partial charge in [0.2, 0.25) is 0 Å². The molecule has 4 nitrogen and oxygen atoms in total. The summed E-state index contributed by atoms with van der Waals surface area (Å²) in [5, 5.41) is 16.0. The normalized spacial score (nSPS) is 13.3. The first-order valence-corrected chi connectivity index (χ1v) is 4.44. The van der Waals surface area contributed by atoms with E-state index >= 15 is 0 Å². The molecule has 1 aromatic rings. The minimum atomic E-state index is -0.400. The number of hydrogen-bond donors (Lipinski definition) is 1. The zero-order valence-corrected chi connectivity index (χ0v) is 8.36. The van der Waals surface area contributed by atoms with Crippen LogP contribution in [-0.2, 0) is 0 Å². The van der Waals surface area contributed by atoms with Gasteiger partial charge in [-0.1, -0.05) is 19.0 Å². The van der Waals surface area contributed by atoms with E-state index in [9.17, 15) is 0 Å². The molecule has 0 spiro atoms. The van der Waals surface area contributed by atoms with Crippen LogP contribution < -0.4 is 0 Å². The van der Waals surface area contributed by atoms with Crippen molar-refractivity contribution < 1.29 is 5.21 Å². The number of oxime groups is 1. The lowest BCUT2D eigenvalue weighted by Gasteiger charge is -2.21. The van der Waals surface area contributed by atoms with E-state index in [-0.39, 0.29) is 0 Å². The molecule has 13 heavy (non-hydrogen) atoms. The van der Waals surface area contributed by atoms with Gasteiger partial charge in [0.15, 0.2) is 5.84 Å². The van der Waals surface area contributed by atoms with Crippen molar-refractivity contribution in [3.63, 3.8) is 0 Å². The summed E-state index contributed by atoms with van der Waals surface area (Å²) in [6.07, 6.45) is 3.33. The Hall–Kier alpha value is -1.03. The van der Waals surface area contributed by atoms with Crippen molar-refractivity contribution in [1.82, 2.24) is 9.78 Å². The van der Waals surface area contributed by atoms with Crippen molar-refractivity contribution >= 4 is 17.4 Å². The summed E-state index contributed by atoms with van der Waals surface area (Å²) >= 11 is 5.75. The molecular weight excluding hydrogens is 190 g/mol. The van der Waals surface area contributed by atoms with Gasteiger partial charge in [-0.15, -0.1) is 11.6 Å². The predicted octanol–water partition coefficient (Wildman–Crippen LogP) is 1.78. The van der Waals surface area contributed by atoms with E-state index in [0.29, 0.717) is 11.7 Å². The maximum atomic E-state index is 8.83. The SMILES string of the molecule is CC(C)(CCl)/C(=N/O)n1cccn1. The molecule has 0 aliphatic carbocycles. The molecule has 1 aromatic heterocycles. The summed E-state index contributed by atoms with van der Waals surface area (Å²) in [6, 6.07) is 1.76. The Kier molecular flexibility index (Phi) is 2.93. The van der Waals surface area contributed by atoms with E-state index in [0.717, 1.165) is 0 Å². The maximum Gasteiger partial charge on any atom is 0.175 e. The van der Waals surface area contributed by atoms with Gasteiger partial charge in [-0.3, -0.25) is 0 Å². The number of nitrogens with zero attached hydrogens (tertiary/aromatic N) is 3. The van der Waals surface area contributed by atoms with E-state index in [4.69, 9.17) is 16.8 Å². The molecule has 0 aromatic carbocycles. The highest BCUT2D eigenvalue weighted by Crippen LogP contribution is 2.20. The van der Waals surface area contributed by atoms with Gasteiger partial charge in [0.25, 0.3) is 0 Å². The van der Waals surface area contributed by atoms with Crippen molar-refractivity contribution in [2.45, 2.75) is 13.8 Å². The lowest BCUT2D eigenvalue weighted by atomic mass is 9.95. The van der Waals surface area contributed by atoms with Crippen LogP contribution in [0.4, 0.5) is 0 Å². The van der Waals surface area contributed by atoms with Gasteiger partial charge >= 0.3 is 0 Å². The van der Waals surface area contributed by atoms with E-state index < -0.39 is 5.41 Å². The lowest BCUT2D eigenvalue weighted by molar-refractivity contribution is 0.306. The standard InChI is InChI=1S/C8H12ClN3O/c1-8(2,6-9)7(11-13)12-5-3-4-10-12/h3-5,13H,6H2,1-2H3/b11-7-. The molecule has 0 aliphatic rings. The molecule has 0 bridgehead atoms. The summed E-state index contributed by atoms with van der Waals surface area (Å²) in [5.74, 6) is 0.805. The fourth-order valence-corrected chi connectivity index (χ4v) is 1.06. The van der Waals surface area contributed by atoms with Crippen LogP contribution in [0.2, 0.25) is 0 Å². The van der Waals surface area contributed by atoms with Crippen LogP contribution in [0.15, 0.2) is 23.6 Å². The molecule has 1 rings (SSSR count). The van der Waals surface area contributed by atoms with Gasteiger partial charge in [0.05, 0.1) is 0 Å². The van der Waals surface area contributed by atoms with Gasteiger partial charge < -0.3 is 5.21 Å². The van der Waals surface area contributed by atoms with Crippen LogP contribution in [0.5, 0.6) is 0 Å². The lowest BCUT2D eigenvalue weighted by Crippen LogP contribution is -2.32. The van der Waals surface area contributed by atoms with Crippen LogP contribution in [-0.4, -0.2) is 26.7 Å². The summed E-state index contributed by atoms with van der Waals surface area (Å²) in [5.41, 5.74) is -0.400. The highest BCUT2D eigenvalue weighted by molar-refractivity contribution is 6.20. The van der Waals surface area contributed by atoms with E-state index in [1.807, 2.05) is 13.8 Å². The van der Waals surface area contributed by atoms with Crippen molar-refractivity contribution in [1.29, 1.82) is 0 Å². The molecule has 0 aliphatic heterocycles. The van der Waals surface area contributed by atoms with Gasteiger partial charge in [-0.05, 0) is 6.07 Å². The fourth-order valence-electron chi connectivity index (χ4n) is 0.945. The van der Waals surface area contributed by atoms with Crippen molar-refractivity contribution in [3.05, 3.63) is 18.5 Å². The molecule has 1 heterocycles. The number of aromatic nitrogens is 2. The Morgan fingerprint density at radius 1 is 1.69 bits per heavy atom. The van der Waals surface area contributed by atoms with E-state index in [2.05, 4.69) is 10.3 Å². The molecule has 0 unspecified atom stereocenters. The molecule has 0 amide bonds. The monoisotopic (exact) mass is 201 g/mol. The zero-order chi connectivity index (χ0) is 9.90. The Morgan fingerprint density at radius 3 is 2.77 bits per heavy atom. The molecule has 0 atom stereocenters. The minimum Gasteiger partial charge on any atom is -0.409 e. The molecule has 0 saturated heterocycles. The second-order valence-electron chi connectivity index (χ2n) is 3.39. The maximum absolute atomic E-state index is 8.83. The fraction of sp³-hybridized carbons (Fsp3) is 0.500. The first-order chi connectivity index (χ1) is 6.11. The molecule has 0 saturated carbocycles. The van der Waals surface area contributed by atoms with Crippen LogP contribution in [0.3, 0.4) is 0 Å². The Morgan fingerprint density at radius 2 is 2.38 bits per heavy atom. The van der Waals surface area contributed by atoms with Gasteiger partial charge in [-0.25, -0.2) is 4.68 Å². The molecular formula is C8H12ClN3O. The third kappa shape index (κ3) is 2.01. The Balaban J connectivity index is 3.01. The Bertz CT molecular complexity index is 292. The van der Waals surface area contributed by atoms with Gasteiger partial charge in [0.1, 0.15) is 0 Å². The highest BCUT2D eigenvalue weighted by Gasteiger charge is 2.26. The number of alkyl halides is 1. The molecule has 1 N–H and O–H groups in total. The summed E-state index contributed by atoms with van der Waals surface area (Å²) < 4.78 is 1.50. The van der Waals surface area contributed by atoms with Crippen LogP contribution in [0.25, 0.3) is 0 Å². The first-order valence-electron chi connectivity index (χ1n) is 3.90. The second-order valence-corrected chi connectivity index (χ2v) is 3.66. The number of hydrogen-bond acceptors (Lipinski definition) is 3. The average Bonchev–Trinajstić information content (AvgIpc) is 2.58. The summed E-state index contributed by atoms with van der Waals surface area (Å²) in [7, 11) is 0. The zero-order valence-electron chi connectivity index (χ0n) is 7.61. The highest BCUT2D eigenvalue weighted by atomic mass is 35.5. The van der Waals surface area contributed by atoms with Crippen molar-refractivity contribution in [3.8, 4) is 0 Å². The van der Waals surface area contributed by atoms with Gasteiger partial charge in [0, 0.05) is 23.7 Å². The third-order valence-corrected chi connectivity index (χ3v) is 2.42. The molecule has 5 heteroatoms. The molecule has 72 valence electrons. The smallest absolute Gasteiger partial charge is 0.175 e. The largest absolute Gasteiger partial charge is 0.409 e. The third-order valence-electron chi connectivity index (χ3n) is 1.76. The summed E-state index contributed by atoms with van der Waals surface area (Å²) in [4.78, 5) is 0. The first kappa shape index (κ1) is 10.1. The van der Waals surface area contributed by atoms with Crippen LogP contribution in [0.1, 0.15) is 13.8 Å².